The van der Waals surface area contributed by atoms with Gasteiger partial charge in [-0.1, -0.05) is 0 Å². The summed E-state index contributed by atoms with van der Waals surface area (Å²) in [6.07, 6.45) is 0. The van der Waals surface area contributed by atoms with E-state index in [2.05, 4.69) is 5.32 Å². The van der Waals surface area contributed by atoms with Gasteiger partial charge >= 0.3 is 6.03 Å². The van der Waals surface area contributed by atoms with Crippen molar-refractivity contribution < 1.29 is 4.79 Å². The van der Waals surface area contributed by atoms with Gasteiger partial charge in [0.05, 0.1) is 6.04 Å². The highest BCUT2D eigenvalue weighted by atomic mass is 32.2. The Morgan fingerprint density at radius 1 is 1.70 bits per heavy atom. The van der Waals surface area contributed by atoms with Gasteiger partial charge in [0.15, 0.2) is 0 Å². The molecule has 2 heterocycles. The fourth-order valence-electron chi connectivity index (χ4n) is 1.40. The van der Waals surface area contributed by atoms with E-state index in [1.807, 2.05) is 16.7 Å². The van der Waals surface area contributed by atoms with Crippen molar-refractivity contribution in [3.05, 3.63) is 0 Å². The number of carbonyl (C=O) groups excluding carboxylic acids is 1. The molecule has 3 nitrogen and oxygen atoms in total. The summed E-state index contributed by atoms with van der Waals surface area (Å²) in [7, 11) is 0. The van der Waals surface area contributed by atoms with E-state index in [1.165, 1.54) is 0 Å². The van der Waals surface area contributed by atoms with Crippen LogP contribution in [0.5, 0.6) is 0 Å². The summed E-state index contributed by atoms with van der Waals surface area (Å²) in [6, 6.07) is 0.608. The minimum atomic E-state index is 0.130. The van der Waals surface area contributed by atoms with Gasteiger partial charge < -0.3 is 10.2 Å². The molecule has 2 fully saturated rings. The second-order valence-electron chi connectivity index (χ2n) is 2.61. The molecule has 1 N–H and O–H groups in total. The first-order valence-corrected chi connectivity index (χ1v) is 4.65. The fraction of sp³-hybridized carbons (Fsp3) is 0.833. The van der Waals surface area contributed by atoms with Crippen LogP contribution in [0.3, 0.4) is 0 Å². The molecule has 0 aliphatic carbocycles. The third-order valence-electron chi connectivity index (χ3n) is 1.98. The molecule has 1 unspecified atom stereocenters. The van der Waals surface area contributed by atoms with E-state index < -0.39 is 0 Å². The van der Waals surface area contributed by atoms with Crippen LogP contribution in [0, 0.1) is 0 Å². The standard InChI is InChI=1S/C6H10N2OS/c9-6-7-3-5-4-10-2-1-8(5)6/h5H,1-4H2,(H,7,9). The van der Waals surface area contributed by atoms with Gasteiger partial charge in [0, 0.05) is 24.6 Å². The summed E-state index contributed by atoms with van der Waals surface area (Å²) in [5, 5.41) is 2.84. The molecule has 0 bridgehead atoms. The number of rotatable bonds is 0. The van der Waals surface area contributed by atoms with Crippen molar-refractivity contribution in [1.29, 1.82) is 0 Å². The number of nitrogens with zero attached hydrogens (tertiary/aromatic N) is 1. The Hall–Kier alpha value is -0.380. The normalized spacial score (nSPS) is 31.8. The number of thioether (sulfide) groups is 1. The zero-order valence-electron chi connectivity index (χ0n) is 5.67. The molecule has 2 saturated heterocycles. The number of amides is 2. The van der Waals surface area contributed by atoms with E-state index in [9.17, 15) is 4.79 Å². The van der Waals surface area contributed by atoms with Crippen LogP contribution >= 0.6 is 11.8 Å². The maximum absolute atomic E-state index is 11.0. The van der Waals surface area contributed by atoms with Gasteiger partial charge in [-0.25, -0.2) is 4.79 Å². The maximum Gasteiger partial charge on any atom is 0.317 e. The van der Waals surface area contributed by atoms with Gasteiger partial charge in [0.25, 0.3) is 0 Å². The summed E-state index contributed by atoms with van der Waals surface area (Å²) in [4.78, 5) is 13.0. The predicted molar refractivity (Wildman–Crippen MR) is 41.2 cm³/mol. The lowest BCUT2D eigenvalue weighted by molar-refractivity contribution is 0.209. The van der Waals surface area contributed by atoms with Crippen LogP contribution < -0.4 is 5.32 Å². The van der Waals surface area contributed by atoms with E-state index in [-0.39, 0.29) is 6.03 Å². The molecular weight excluding hydrogens is 148 g/mol. The third-order valence-corrected chi connectivity index (χ3v) is 3.07. The average Bonchev–Trinajstić information content (AvgIpc) is 2.34. The van der Waals surface area contributed by atoms with E-state index in [0.717, 1.165) is 24.6 Å². The SMILES string of the molecule is O=C1NCC2CSCCN12. The number of fused-ring (bicyclic) bond motifs is 1. The van der Waals surface area contributed by atoms with Crippen molar-refractivity contribution in [2.45, 2.75) is 6.04 Å². The molecule has 2 aliphatic rings. The van der Waals surface area contributed by atoms with E-state index >= 15 is 0 Å². The first-order chi connectivity index (χ1) is 4.88. The molecule has 0 aromatic heterocycles. The van der Waals surface area contributed by atoms with Gasteiger partial charge in [0.2, 0.25) is 0 Å². The van der Waals surface area contributed by atoms with Crippen molar-refractivity contribution in [2.75, 3.05) is 24.6 Å². The highest BCUT2D eigenvalue weighted by Gasteiger charge is 2.32. The largest absolute Gasteiger partial charge is 0.336 e. The molecule has 56 valence electrons. The zero-order valence-corrected chi connectivity index (χ0v) is 6.49. The molecule has 1 atom stereocenters. The zero-order chi connectivity index (χ0) is 6.97. The monoisotopic (exact) mass is 158 g/mol. The molecule has 0 aromatic carbocycles. The third kappa shape index (κ3) is 0.868. The van der Waals surface area contributed by atoms with Crippen LogP contribution in [0.2, 0.25) is 0 Å². The molecule has 4 heteroatoms. The second-order valence-corrected chi connectivity index (χ2v) is 3.76. The van der Waals surface area contributed by atoms with Gasteiger partial charge in [0.1, 0.15) is 0 Å². The average molecular weight is 158 g/mol. The van der Waals surface area contributed by atoms with Gasteiger partial charge in [-0.05, 0) is 0 Å². The van der Waals surface area contributed by atoms with Gasteiger partial charge in [-0.15, -0.1) is 0 Å². The van der Waals surface area contributed by atoms with Gasteiger partial charge in [-0.2, -0.15) is 11.8 Å². The van der Waals surface area contributed by atoms with Crippen LogP contribution in [-0.2, 0) is 0 Å². The first-order valence-electron chi connectivity index (χ1n) is 3.50. The Kier molecular flexibility index (Phi) is 1.48. The maximum atomic E-state index is 11.0. The summed E-state index contributed by atoms with van der Waals surface area (Å²) in [6.45, 7) is 1.78. The molecular formula is C6H10N2OS. The molecule has 10 heavy (non-hydrogen) atoms. The summed E-state index contributed by atoms with van der Waals surface area (Å²) < 4.78 is 0. The number of hydrogen-bond donors (Lipinski definition) is 1. The molecule has 2 rings (SSSR count). The number of carbonyl (C=O) groups is 1. The highest BCUT2D eigenvalue weighted by molar-refractivity contribution is 7.99. The second kappa shape index (κ2) is 2.34. The molecule has 0 saturated carbocycles. The highest BCUT2D eigenvalue weighted by Crippen LogP contribution is 2.18. The van der Waals surface area contributed by atoms with Crippen LogP contribution in [0.15, 0.2) is 0 Å². The predicted octanol–water partition coefficient (Wildman–Crippen LogP) is 0.127. The van der Waals surface area contributed by atoms with Crippen LogP contribution in [-0.4, -0.2) is 41.6 Å². The number of nitrogens with one attached hydrogen (secondary N) is 1. The van der Waals surface area contributed by atoms with E-state index in [4.69, 9.17) is 0 Å². The lowest BCUT2D eigenvalue weighted by Crippen LogP contribution is -2.40. The van der Waals surface area contributed by atoms with Crippen LogP contribution in [0.1, 0.15) is 0 Å². The van der Waals surface area contributed by atoms with E-state index in [0.29, 0.717) is 6.04 Å². The molecule has 0 radical (unpaired) electrons. The Balaban J connectivity index is 2.08. The first kappa shape index (κ1) is 6.34. The van der Waals surface area contributed by atoms with Crippen molar-refractivity contribution >= 4 is 17.8 Å². The Morgan fingerprint density at radius 3 is 3.40 bits per heavy atom. The lowest BCUT2D eigenvalue weighted by atomic mass is 10.3. The molecule has 2 amide bonds. The van der Waals surface area contributed by atoms with Crippen LogP contribution in [0.4, 0.5) is 4.79 Å². The van der Waals surface area contributed by atoms with Crippen molar-refractivity contribution in [3.8, 4) is 0 Å². The Labute approximate surface area is 64.1 Å². The number of urea groups is 1. The lowest BCUT2D eigenvalue weighted by Gasteiger charge is -2.27. The van der Waals surface area contributed by atoms with Crippen molar-refractivity contribution in [2.24, 2.45) is 0 Å². The minimum Gasteiger partial charge on any atom is -0.336 e. The van der Waals surface area contributed by atoms with Crippen molar-refractivity contribution in [3.63, 3.8) is 0 Å². The number of hydrogen-bond acceptors (Lipinski definition) is 2. The molecule has 0 spiro atoms. The summed E-state index contributed by atoms with van der Waals surface area (Å²) in [5.74, 6) is 2.21. The quantitative estimate of drug-likeness (QED) is 0.543. The minimum absolute atomic E-state index is 0.130. The smallest absolute Gasteiger partial charge is 0.317 e. The Bertz CT molecular complexity index is 162. The van der Waals surface area contributed by atoms with Gasteiger partial charge in [-0.3, -0.25) is 0 Å². The fourth-order valence-corrected chi connectivity index (χ4v) is 2.46. The molecule has 0 aromatic rings. The van der Waals surface area contributed by atoms with E-state index in [1.54, 1.807) is 0 Å². The van der Waals surface area contributed by atoms with Crippen molar-refractivity contribution in [1.82, 2.24) is 10.2 Å². The van der Waals surface area contributed by atoms with Crippen LogP contribution in [0.25, 0.3) is 0 Å². The molecule has 2 aliphatic heterocycles. The summed E-state index contributed by atoms with van der Waals surface area (Å²) >= 11 is 1.94. The Morgan fingerprint density at radius 2 is 2.60 bits per heavy atom. The topological polar surface area (TPSA) is 32.3 Å². The summed E-state index contributed by atoms with van der Waals surface area (Å²) in [5.41, 5.74) is 0.